The van der Waals surface area contributed by atoms with Crippen molar-refractivity contribution in [3.63, 3.8) is 0 Å². The van der Waals surface area contributed by atoms with Crippen molar-refractivity contribution >= 4 is 75.8 Å². The Morgan fingerprint density at radius 1 is 0.275 bits per heavy atom. The third-order valence-corrected chi connectivity index (χ3v) is 10.8. The molecule has 1 nitrogen and oxygen atoms in total. The highest BCUT2D eigenvalue weighted by molar-refractivity contribution is 6.25. The summed E-state index contributed by atoms with van der Waals surface area (Å²) in [5.74, 6) is 0. The number of hydrogen-bond donors (Lipinski definition) is 0. The monoisotopic (exact) mass is 646 g/mol. The first-order valence-electron chi connectivity index (χ1n) is 17.6. The summed E-state index contributed by atoms with van der Waals surface area (Å²) in [6.45, 7) is 0. The maximum Gasteiger partial charge on any atom is 0.136 e. The fraction of sp³-hybridized carbons (Fsp3) is 0. The second kappa shape index (κ2) is 10.9. The van der Waals surface area contributed by atoms with E-state index in [1.54, 1.807) is 0 Å². The van der Waals surface area contributed by atoms with E-state index in [-0.39, 0.29) is 0 Å². The summed E-state index contributed by atoms with van der Waals surface area (Å²) < 4.78 is 6.69. The third kappa shape index (κ3) is 4.28. The van der Waals surface area contributed by atoms with Crippen LogP contribution in [0.25, 0.3) is 109 Å². The lowest BCUT2D eigenvalue weighted by Gasteiger charge is -2.18. The molecule has 1 heterocycles. The Balaban J connectivity index is 1.17. The fourth-order valence-electron chi connectivity index (χ4n) is 8.49. The minimum absolute atomic E-state index is 0.899. The standard InChI is InChI=1S/C50H30O/c1-3-13-33-27-35(23-21-31(33)11-1)44-30-47-50(39-16-6-5-15-38(39)44)45-29-37(25-26-46(45)51-47)49-42-19-9-7-17-40(42)48(41-18-8-10-20-43(41)49)36-24-22-32-12-2-4-14-34(32)28-36/h1-30H. The molecule has 0 unspecified atom stereocenters. The van der Waals surface area contributed by atoms with Crippen molar-refractivity contribution in [3.05, 3.63) is 182 Å². The number of rotatable bonds is 3. The van der Waals surface area contributed by atoms with Gasteiger partial charge in [0.05, 0.1) is 0 Å². The fourth-order valence-corrected chi connectivity index (χ4v) is 8.49. The minimum atomic E-state index is 0.899. The highest BCUT2D eigenvalue weighted by atomic mass is 16.3. The van der Waals surface area contributed by atoms with E-state index in [0.29, 0.717) is 0 Å². The van der Waals surface area contributed by atoms with E-state index in [4.69, 9.17) is 4.42 Å². The molecule has 236 valence electrons. The van der Waals surface area contributed by atoms with Crippen molar-refractivity contribution in [1.29, 1.82) is 0 Å². The predicted octanol–water partition coefficient (Wildman–Crippen LogP) is 14.4. The van der Waals surface area contributed by atoms with Crippen molar-refractivity contribution in [1.82, 2.24) is 0 Å². The second-order valence-electron chi connectivity index (χ2n) is 13.6. The largest absolute Gasteiger partial charge is 0.456 e. The molecule has 0 spiro atoms. The second-order valence-corrected chi connectivity index (χ2v) is 13.6. The van der Waals surface area contributed by atoms with Crippen LogP contribution >= 0.6 is 0 Å². The number of hydrogen-bond acceptors (Lipinski definition) is 1. The van der Waals surface area contributed by atoms with Crippen LogP contribution in [0.5, 0.6) is 0 Å². The molecule has 0 radical (unpaired) electrons. The van der Waals surface area contributed by atoms with E-state index >= 15 is 0 Å². The van der Waals surface area contributed by atoms with Crippen LogP contribution in [0, 0.1) is 0 Å². The quantitative estimate of drug-likeness (QED) is 0.174. The normalized spacial score (nSPS) is 11.9. The summed E-state index contributed by atoms with van der Waals surface area (Å²) >= 11 is 0. The molecule has 0 saturated heterocycles. The summed E-state index contributed by atoms with van der Waals surface area (Å²) in [6, 6.07) is 66.3. The van der Waals surface area contributed by atoms with Crippen LogP contribution in [0.15, 0.2) is 186 Å². The molecule has 0 aliphatic heterocycles. The molecule has 11 rings (SSSR count). The first-order chi connectivity index (χ1) is 25.3. The molecule has 1 aromatic heterocycles. The summed E-state index contributed by atoms with van der Waals surface area (Å²) in [7, 11) is 0. The van der Waals surface area contributed by atoms with Crippen LogP contribution in [-0.2, 0) is 0 Å². The van der Waals surface area contributed by atoms with Gasteiger partial charge in [0.2, 0.25) is 0 Å². The van der Waals surface area contributed by atoms with Crippen LogP contribution in [0.2, 0.25) is 0 Å². The van der Waals surface area contributed by atoms with Crippen LogP contribution in [-0.4, -0.2) is 0 Å². The molecule has 0 N–H and O–H groups in total. The zero-order chi connectivity index (χ0) is 33.5. The molecule has 51 heavy (non-hydrogen) atoms. The predicted molar refractivity (Wildman–Crippen MR) is 218 cm³/mol. The van der Waals surface area contributed by atoms with E-state index in [1.165, 1.54) is 87.2 Å². The number of furan rings is 1. The zero-order valence-electron chi connectivity index (χ0n) is 27.7. The maximum absolute atomic E-state index is 6.69. The van der Waals surface area contributed by atoms with Gasteiger partial charge in [0, 0.05) is 10.8 Å². The number of fused-ring (bicyclic) bond motifs is 9. The van der Waals surface area contributed by atoms with Gasteiger partial charge in [-0.15, -0.1) is 0 Å². The smallest absolute Gasteiger partial charge is 0.136 e. The summed E-state index contributed by atoms with van der Waals surface area (Å²) in [5.41, 5.74) is 9.13. The molecule has 11 aromatic rings. The first kappa shape index (κ1) is 28.2. The zero-order valence-corrected chi connectivity index (χ0v) is 27.7. The van der Waals surface area contributed by atoms with Gasteiger partial charge in [0.25, 0.3) is 0 Å². The van der Waals surface area contributed by atoms with Gasteiger partial charge in [-0.2, -0.15) is 0 Å². The van der Waals surface area contributed by atoms with E-state index in [1.807, 2.05) is 0 Å². The van der Waals surface area contributed by atoms with Crippen molar-refractivity contribution < 1.29 is 4.42 Å². The molecular formula is C50H30O. The SMILES string of the molecule is c1ccc2cc(-c3c4ccccc4c(-c4ccc5oc6cc(-c7ccc8ccccc8c7)c7ccccc7c6c5c4)c4ccccc34)ccc2c1. The van der Waals surface area contributed by atoms with Crippen molar-refractivity contribution in [2.45, 2.75) is 0 Å². The Hall–Kier alpha value is -6.70. The van der Waals surface area contributed by atoms with E-state index in [9.17, 15) is 0 Å². The number of benzene rings is 10. The van der Waals surface area contributed by atoms with E-state index in [0.717, 1.165) is 21.9 Å². The molecule has 0 fully saturated rings. The van der Waals surface area contributed by atoms with Gasteiger partial charge in [-0.05, 0) is 118 Å². The van der Waals surface area contributed by atoms with Gasteiger partial charge in [-0.25, -0.2) is 0 Å². The van der Waals surface area contributed by atoms with Crippen molar-refractivity contribution in [2.24, 2.45) is 0 Å². The lowest BCUT2D eigenvalue weighted by molar-refractivity contribution is 0.669. The van der Waals surface area contributed by atoms with Crippen LogP contribution in [0.1, 0.15) is 0 Å². The van der Waals surface area contributed by atoms with Gasteiger partial charge in [0.1, 0.15) is 11.2 Å². The Morgan fingerprint density at radius 2 is 0.725 bits per heavy atom. The topological polar surface area (TPSA) is 13.1 Å². The van der Waals surface area contributed by atoms with Gasteiger partial charge in [-0.3, -0.25) is 0 Å². The van der Waals surface area contributed by atoms with Gasteiger partial charge >= 0.3 is 0 Å². The first-order valence-corrected chi connectivity index (χ1v) is 17.6. The highest BCUT2D eigenvalue weighted by Crippen LogP contribution is 2.46. The van der Waals surface area contributed by atoms with E-state index < -0.39 is 0 Å². The Morgan fingerprint density at radius 3 is 1.33 bits per heavy atom. The van der Waals surface area contributed by atoms with Gasteiger partial charge in [-0.1, -0.05) is 152 Å². The molecule has 0 saturated carbocycles. The Bertz CT molecular complexity index is 3140. The van der Waals surface area contributed by atoms with Crippen molar-refractivity contribution in [3.8, 4) is 33.4 Å². The third-order valence-electron chi connectivity index (χ3n) is 10.8. The maximum atomic E-state index is 6.69. The van der Waals surface area contributed by atoms with Gasteiger partial charge < -0.3 is 4.42 Å². The summed E-state index contributed by atoms with van der Waals surface area (Å²) in [6.07, 6.45) is 0. The average Bonchev–Trinajstić information content (AvgIpc) is 3.57. The van der Waals surface area contributed by atoms with Gasteiger partial charge in [0.15, 0.2) is 0 Å². The summed E-state index contributed by atoms with van der Waals surface area (Å²) in [4.78, 5) is 0. The molecule has 0 amide bonds. The molecule has 1 heteroatoms. The van der Waals surface area contributed by atoms with Crippen LogP contribution < -0.4 is 0 Å². The van der Waals surface area contributed by atoms with Crippen LogP contribution in [0.3, 0.4) is 0 Å². The summed E-state index contributed by atoms with van der Waals surface area (Å²) in [5, 5.41) is 14.7. The lowest BCUT2D eigenvalue weighted by atomic mass is 9.85. The van der Waals surface area contributed by atoms with Crippen molar-refractivity contribution in [2.75, 3.05) is 0 Å². The van der Waals surface area contributed by atoms with Crippen LogP contribution in [0.4, 0.5) is 0 Å². The lowest BCUT2D eigenvalue weighted by Crippen LogP contribution is -1.91. The van der Waals surface area contributed by atoms with E-state index in [2.05, 4.69) is 182 Å². The highest BCUT2D eigenvalue weighted by Gasteiger charge is 2.20. The minimum Gasteiger partial charge on any atom is -0.456 e. The Labute approximate surface area is 294 Å². The molecular weight excluding hydrogens is 617 g/mol. The Kier molecular flexibility index (Phi) is 6.02. The molecule has 0 atom stereocenters. The molecule has 0 bridgehead atoms. The average molecular weight is 647 g/mol. The molecule has 10 aromatic carbocycles. The molecule has 0 aliphatic carbocycles. The molecule has 0 aliphatic rings.